The zero-order chi connectivity index (χ0) is 52.2. The van der Waals surface area contributed by atoms with Gasteiger partial charge in [0.1, 0.15) is 13.2 Å². The summed E-state index contributed by atoms with van der Waals surface area (Å²) in [5, 5.41) is 0. The minimum Gasteiger partial charge on any atom is -0.462 e. The first kappa shape index (κ1) is 68.1. The summed E-state index contributed by atoms with van der Waals surface area (Å²) in [5.41, 5.74) is 0. The van der Waals surface area contributed by atoms with Crippen LogP contribution in [0.2, 0.25) is 0 Å². The van der Waals surface area contributed by atoms with Crippen molar-refractivity contribution in [1.29, 1.82) is 0 Å². The zero-order valence-corrected chi connectivity index (χ0v) is 46.9. The van der Waals surface area contributed by atoms with Crippen LogP contribution in [0.5, 0.6) is 0 Å². The molecule has 0 aromatic carbocycles. The lowest BCUT2D eigenvalue weighted by Gasteiger charge is -2.18. The Kier molecular flexibility index (Phi) is 56.4. The van der Waals surface area contributed by atoms with E-state index in [0.29, 0.717) is 19.3 Å². The van der Waals surface area contributed by atoms with Gasteiger partial charge in [0.25, 0.3) is 0 Å². The molecule has 0 saturated heterocycles. The predicted molar refractivity (Wildman–Crippen MR) is 311 cm³/mol. The smallest absolute Gasteiger partial charge is 0.306 e. The van der Waals surface area contributed by atoms with Gasteiger partial charge in [-0.2, -0.15) is 0 Å². The molecule has 0 aliphatic rings. The summed E-state index contributed by atoms with van der Waals surface area (Å²) in [6.07, 6.45) is 80.9. The van der Waals surface area contributed by atoms with Gasteiger partial charge in [-0.3, -0.25) is 14.4 Å². The molecule has 0 aromatic heterocycles. The van der Waals surface area contributed by atoms with E-state index in [-0.39, 0.29) is 37.5 Å². The highest BCUT2D eigenvalue weighted by Gasteiger charge is 2.19. The van der Waals surface area contributed by atoms with Crippen LogP contribution in [0, 0.1) is 0 Å². The third kappa shape index (κ3) is 57.0. The maximum Gasteiger partial charge on any atom is 0.306 e. The van der Waals surface area contributed by atoms with Crippen molar-refractivity contribution in [2.75, 3.05) is 13.2 Å². The van der Waals surface area contributed by atoms with Crippen molar-refractivity contribution < 1.29 is 28.6 Å². The lowest BCUT2D eigenvalue weighted by molar-refractivity contribution is -0.167. The maximum absolute atomic E-state index is 12.9. The van der Waals surface area contributed by atoms with Crippen LogP contribution >= 0.6 is 0 Å². The molecule has 410 valence electrons. The van der Waals surface area contributed by atoms with Crippen LogP contribution in [-0.4, -0.2) is 37.2 Å². The molecule has 0 N–H and O–H groups in total. The van der Waals surface area contributed by atoms with E-state index in [4.69, 9.17) is 14.2 Å². The molecule has 0 aliphatic carbocycles. The maximum atomic E-state index is 12.9. The largest absolute Gasteiger partial charge is 0.462 e. The first-order valence-electron chi connectivity index (χ1n) is 29.9. The van der Waals surface area contributed by atoms with Crippen LogP contribution in [0.15, 0.2) is 109 Å². The van der Waals surface area contributed by atoms with Crippen molar-refractivity contribution >= 4 is 17.9 Å². The molecule has 1 atom stereocenters. The fourth-order valence-electron chi connectivity index (χ4n) is 8.08. The normalized spacial score (nSPS) is 12.9. The van der Waals surface area contributed by atoms with E-state index in [1.165, 1.54) is 116 Å². The molecule has 0 amide bonds. The molecule has 0 fully saturated rings. The molecular weight excluding hydrogens is 889 g/mol. The standard InChI is InChI=1S/C66H110O6/c1-4-7-10-13-16-19-22-25-28-31-33-36-38-41-44-47-50-53-56-59-65(68)71-62-63(61-70-64(67)58-55-52-49-46-43-40-37-34-30-27-24-21-18-15-12-9-6-3)72-66(69)60-57-54-51-48-45-42-39-35-32-29-26-23-20-17-14-11-8-5-2/h7,9-10,12,16,18-19,21,25,27-28,30,35,37,39-40,46,49,63H,4-6,8,11,13-15,17,20,22-24,26,29,31-34,36,38,41-45,47-48,50-62H2,1-3H3/b10-7-,12-9-,19-16-,21-18-,28-25-,30-27-,39-35-,40-37-,49-46-. The van der Waals surface area contributed by atoms with E-state index >= 15 is 0 Å². The van der Waals surface area contributed by atoms with Gasteiger partial charge in [0.15, 0.2) is 6.10 Å². The van der Waals surface area contributed by atoms with Gasteiger partial charge in [-0.05, 0) is 116 Å². The van der Waals surface area contributed by atoms with Gasteiger partial charge in [-0.1, -0.05) is 246 Å². The topological polar surface area (TPSA) is 78.9 Å². The highest BCUT2D eigenvalue weighted by Crippen LogP contribution is 2.15. The number of hydrogen-bond acceptors (Lipinski definition) is 6. The summed E-state index contributed by atoms with van der Waals surface area (Å²) in [4.78, 5) is 38.2. The fraction of sp³-hybridized carbons (Fsp3) is 0.682. The van der Waals surface area contributed by atoms with Gasteiger partial charge in [-0.25, -0.2) is 0 Å². The third-order valence-electron chi connectivity index (χ3n) is 12.5. The zero-order valence-electron chi connectivity index (χ0n) is 46.9. The Bertz CT molecular complexity index is 1470. The van der Waals surface area contributed by atoms with E-state index in [2.05, 4.69) is 130 Å². The van der Waals surface area contributed by atoms with Crippen LogP contribution in [0.25, 0.3) is 0 Å². The number of unbranched alkanes of at least 4 members (excludes halogenated alkanes) is 24. The molecule has 0 radical (unpaired) electrons. The average Bonchev–Trinajstić information content (AvgIpc) is 3.38. The Hall–Kier alpha value is -3.93. The Morgan fingerprint density at radius 1 is 0.292 bits per heavy atom. The highest BCUT2D eigenvalue weighted by atomic mass is 16.6. The lowest BCUT2D eigenvalue weighted by atomic mass is 10.1. The van der Waals surface area contributed by atoms with Gasteiger partial charge in [0.05, 0.1) is 0 Å². The summed E-state index contributed by atoms with van der Waals surface area (Å²) in [6, 6.07) is 0. The Labute approximate surface area is 444 Å². The van der Waals surface area contributed by atoms with Crippen molar-refractivity contribution in [3.8, 4) is 0 Å². The average molecular weight is 1000 g/mol. The van der Waals surface area contributed by atoms with Crippen molar-refractivity contribution in [3.63, 3.8) is 0 Å². The first-order valence-corrected chi connectivity index (χ1v) is 29.9. The molecular formula is C66H110O6. The van der Waals surface area contributed by atoms with Crippen LogP contribution < -0.4 is 0 Å². The molecule has 72 heavy (non-hydrogen) atoms. The van der Waals surface area contributed by atoms with Gasteiger partial charge in [0, 0.05) is 19.3 Å². The van der Waals surface area contributed by atoms with E-state index in [1.807, 2.05) is 0 Å². The molecule has 0 rings (SSSR count). The fourth-order valence-corrected chi connectivity index (χ4v) is 8.08. The van der Waals surface area contributed by atoms with E-state index < -0.39 is 6.10 Å². The first-order chi connectivity index (χ1) is 35.5. The lowest BCUT2D eigenvalue weighted by Crippen LogP contribution is -2.30. The van der Waals surface area contributed by atoms with Crippen molar-refractivity contribution in [1.82, 2.24) is 0 Å². The van der Waals surface area contributed by atoms with E-state index in [1.54, 1.807) is 0 Å². The number of carbonyl (C=O) groups is 3. The van der Waals surface area contributed by atoms with Crippen LogP contribution in [-0.2, 0) is 28.6 Å². The predicted octanol–water partition coefficient (Wildman–Crippen LogP) is 20.3. The van der Waals surface area contributed by atoms with Gasteiger partial charge in [-0.15, -0.1) is 0 Å². The van der Waals surface area contributed by atoms with Crippen LogP contribution in [0.1, 0.15) is 271 Å². The number of ether oxygens (including phenoxy) is 3. The Morgan fingerprint density at radius 3 is 0.917 bits per heavy atom. The molecule has 0 bridgehead atoms. The van der Waals surface area contributed by atoms with Crippen molar-refractivity contribution in [2.45, 2.75) is 277 Å². The van der Waals surface area contributed by atoms with Gasteiger partial charge in [0.2, 0.25) is 0 Å². The molecule has 0 heterocycles. The molecule has 6 heteroatoms. The third-order valence-corrected chi connectivity index (χ3v) is 12.5. The summed E-state index contributed by atoms with van der Waals surface area (Å²) in [7, 11) is 0. The second-order valence-corrected chi connectivity index (χ2v) is 19.5. The highest BCUT2D eigenvalue weighted by molar-refractivity contribution is 5.71. The second kappa shape index (κ2) is 59.6. The monoisotopic (exact) mass is 999 g/mol. The molecule has 0 saturated carbocycles. The van der Waals surface area contributed by atoms with Gasteiger partial charge < -0.3 is 14.2 Å². The summed E-state index contributed by atoms with van der Waals surface area (Å²) in [5.74, 6) is -0.973. The second-order valence-electron chi connectivity index (χ2n) is 19.5. The quantitative estimate of drug-likeness (QED) is 0.0261. The summed E-state index contributed by atoms with van der Waals surface area (Å²) >= 11 is 0. The number of rotatable bonds is 53. The van der Waals surface area contributed by atoms with E-state index in [9.17, 15) is 14.4 Å². The van der Waals surface area contributed by atoms with Crippen molar-refractivity contribution in [3.05, 3.63) is 109 Å². The minimum atomic E-state index is -0.810. The SMILES string of the molecule is CC/C=C\C/C=C\C/C=C\C/C=C\C/C=C\CCCC(=O)OCC(COC(=O)CCCCCCCCCCC/C=C\C/C=C\C/C=C\CC)OC(=O)CCCCCCC/C=C\CCCCCCCCCCC. The van der Waals surface area contributed by atoms with Crippen LogP contribution in [0.4, 0.5) is 0 Å². The van der Waals surface area contributed by atoms with Crippen LogP contribution in [0.3, 0.4) is 0 Å². The minimum absolute atomic E-state index is 0.103. The summed E-state index contributed by atoms with van der Waals surface area (Å²) < 4.78 is 16.8. The van der Waals surface area contributed by atoms with Gasteiger partial charge >= 0.3 is 17.9 Å². The van der Waals surface area contributed by atoms with Crippen molar-refractivity contribution in [2.24, 2.45) is 0 Å². The number of hydrogen-bond donors (Lipinski definition) is 0. The summed E-state index contributed by atoms with van der Waals surface area (Å²) in [6.45, 7) is 6.37. The molecule has 0 spiro atoms. The Balaban J connectivity index is 4.48. The molecule has 1 unspecified atom stereocenters. The molecule has 0 aromatic rings. The number of carbonyl (C=O) groups excluding carboxylic acids is 3. The van der Waals surface area contributed by atoms with E-state index in [0.717, 1.165) is 109 Å². The Morgan fingerprint density at radius 2 is 0.556 bits per heavy atom. The number of allylic oxidation sites excluding steroid dienone is 18. The molecule has 6 nitrogen and oxygen atoms in total. The number of esters is 3. The molecule has 0 aliphatic heterocycles.